The van der Waals surface area contributed by atoms with Crippen LogP contribution in [0.2, 0.25) is 0 Å². The summed E-state index contributed by atoms with van der Waals surface area (Å²) in [6.07, 6.45) is 4.17. The quantitative estimate of drug-likeness (QED) is 0.170. The lowest BCUT2D eigenvalue weighted by molar-refractivity contribution is -0.142. The van der Waals surface area contributed by atoms with Crippen molar-refractivity contribution >= 4 is 47.2 Å². The Morgan fingerprint density at radius 1 is 0.883 bits per heavy atom. The van der Waals surface area contributed by atoms with Gasteiger partial charge in [-0.05, 0) is 79.2 Å². The van der Waals surface area contributed by atoms with Gasteiger partial charge in [0.15, 0.2) is 0 Å². The number of rotatable bonds is 12. The van der Waals surface area contributed by atoms with Gasteiger partial charge in [0, 0.05) is 12.3 Å². The molecule has 0 aromatic heterocycles. The van der Waals surface area contributed by atoms with Crippen LogP contribution >= 0.6 is 11.8 Å². The van der Waals surface area contributed by atoms with Gasteiger partial charge in [-0.1, -0.05) is 62.8 Å². The number of nitrogens with zero attached hydrogens (tertiary/aromatic N) is 1. The van der Waals surface area contributed by atoms with Gasteiger partial charge in [0.1, 0.15) is 35.7 Å². The molecule has 16 heteroatoms. The van der Waals surface area contributed by atoms with Gasteiger partial charge >= 0.3 is 0 Å². The zero-order valence-corrected chi connectivity index (χ0v) is 37.5. The molecule has 0 saturated carbocycles. The highest BCUT2D eigenvalue weighted by molar-refractivity contribution is 8.00. The average molecular weight is 854 g/mol. The van der Waals surface area contributed by atoms with Crippen LogP contribution in [0.15, 0.2) is 55.6 Å². The lowest BCUT2D eigenvalue weighted by Gasteiger charge is -2.35. The first kappa shape index (κ1) is 48.4. The van der Waals surface area contributed by atoms with Crippen LogP contribution in [0.5, 0.6) is 0 Å². The molecule has 1 aromatic rings. The summed E-state index contributed by atoms with van der Waals surface area (Å²) in [4.78, 5) is 86.8. The van der Waals surface area contributed by atoms with Crippen LogP contribution in [-0.4, -0.2) is 124 Å². The molecule has 4 rings (SSSR count). The second kappa shape index (κ2) is 20.5. The molecule has 0 aliphatic carbocycles. The van der Waals surface area contributed by atoms with Gasteiger partial charge in [-0.2, -0.15) is 0 Å². The van der Waals surface area contributed by atoms with Gasteiger partial charge in [-0.15, -0.1) is 24.9 Å². The predicted molar refractivity (Wildman–Crippen MR) is 233 cm³/mol. The molecule has 0 radical (unpaired) electrons. The SMILES string of the molecule is C=CC(C)(C)OC[C@H]1NC(=O)[C@H]([C@@H](C)OC(C)(C)C=C)NC(=O)[C@]2(C)CSC(N2)[C@@H](Cc2ccccc2)NC(=O)[C@@H]2CCCN2C(=O)[C@H](C)NC(=O)[C@H]([C@@H](C)CC)NC1=O. The smallest absolute Gasteiger partial charge is 0.245 e. The minimum Gasteiger partial charge on any atom is -0.369 e. The number of benzene rings is 1. The molecule has 0 spiro atoms. The second-order valence-electron chi connectivity index (χ2n) is 17.6. The van der Waals surface area contributed by atoms with E-state index in [1.807, 2.05) is 37.3 Å². The van der Waals surface area contributed by atoms with E-state index in [1.165, 1.54) is 16.7 Å². The first-order valence-electron chi connectivity index (χ1n) is 21.0. The maximum Gasteiger partial charge on any atom is 0.245 e. The molecule has 3 heterocycles. The fourth-order valence-corrected chi connectivity index (χ4v) is 8.82. The highest BCUT2D eigenvalue weighted by Crippen LogP contribution is 2.31. The lowest BCUT2D eigenvalue weighted by Crippen LogP contribution is -2.65. The fourth-order valence-electron chi connectivity index (χ4n) is 7.35. The lowest BCUT2D eigenvalue weighted by atomic mass is 9.97. The van der Waals surface area contributed by atoms with Crippen molar-refractivity contribution in [2.24, 2.45) is 5.92 Å². The summed E-state index contributed by atoms with van der Waals surface area (Å²) in [6, 6.07) is 3.58. The third kappa shape index (κ3) is 12.4. The van der Waals surface area contributed by atoms with Crippen molar-refractivity contribution in [3.63, 3.8) is 0 Å². The van der Waals surface area contributed by atoms with E-state index in [0.717, 1.165) is 5.56 Å². The summed E-state index contributed by atoms with van der Waals surface area (Å²) < 4.78 is 12.3. The van der Waals surface area contributed by atoms with E-state index in [1.54, 1.807) is 67.5 Å². The Morgan fingerprint density at radius 2 is 1.53 bits per heavy atom. The molecule has 3 aliphatic rings. The number of ether oxygens (including phenoxy) is 2. The number of nitrogens with one attached hydrogen (secondary N) is 6. The van der Waals surface area contributed by atoms with Crippen molar-refractivity contribution in [2.45, 2.75) is 152 Å². The highest BCUT2D eigenvalue weighted by Gasteiger charge is 2.47. The monoisotopic (exact) mass is 853 g/mol. The van der Waals surface area contributed by atoms with Crippen molar-refractivity contribution in [3.8, 4) is 0 Å². The molecule has 3 saturated heterocycles. The Hall–Kier alpha value is -4.25. The van der Waals surface area contributed by atoms with E-state index < -0.39 is 99.9 Å². The van der Waals surface area contributed by atoms with Gasteiger partial charge < -0.3 is 41.0 Å². The maximum absolute atomic E-state index is 14.5. The highest BCUT2D eigenvalue weighted by atomic mass is 32.2. The number of hydrogen-bond acceptors (Lipinski definition) is 10. The summed E-state index contributed by atoms with van der Waals surface area (Å²) in [5.74, 6) is -3.41. The fraction of sp³-hybridized carbons (Fsp3) is 0.636. The Balaban J connectivity index is 1.80. The molecule has 2 bridgehead atoms. The summed E-state index contributed by atoms with van der Waals surface area (Å²) in [5.41, 5.74) is -2.04. The van der Waals surface area contributed by atoms with Gasteiger partial charge in [0.2, 0.25) is 35.4 Å². The predicted octanol–water partition coefficient (Wildman–Crippen LogP) is 2.50. The van der Waals surface area contributed by atoms with E-state index in [0.29, 0.717) is 38.0 Å². The molecule has 1 unspecified atom stereocenters. The Labute approximate surface area is 359 Å². The Morgan fingerprint density at radius 3 is 2.17 bits per heavy atom. The number of carbonyl (C=O) groups is 6. The van der Waals surface area contributed by atoms with E-state index in [4.69, 9.17) is 9.47 Å². The van der Waals surface area contributed by atoms with E-state index >= 15 is 0 Å². The average Bonchev–Trinajstić information content (AvgIpc) is 3.87. The van der Waals surface area contributed by atoms with Crippen molar-refractivity contribution in [3.05, 3.63) is 61.2 Å². The van der Waals surface area contributed by atoms with Crippen LogP contribution in [0.3, 0.4) is 0 Å². The number of thioether (sulfide) groups is 1. The number of amides is 6. The molecule has 3 fully saturated rings. The van der Waals surface area contributed by atoms with Crippen molar-refractivity contribution in [2.75, 3.05) is 18.9 Å². The van der Waals surface area contributed by atoms with E-state index in [2.05, 4.69) is 45.1 Å². The summed E-state index contributed by atoms with van der Waals surface area (Å²) >= 11 is 1.47. The molecule has 6 amide bonds. The number of carbonyl (C=O) groups excluding carboxylic acids is 6. The summed E-state index contributed by atoms with van der Waals surface area (Å²) in [7, 11) is 0. The molecule has 1 aromatic carbocycles. The van der Waals surface area contributed by atoms with Crippen LogP contribution in [0, 0.1) is 5.92 Å². The molecule has 332 valence electrons. The van der Waals surface area contributed by atoms with Gasteiger partial charge in [0.25, 0.3) is 0 Å². The number of fused-ring (bicyclic) bond motifs is 3. The second-order valence-corrected chi connectivity index (χ2v) is 18.7. The first-order chi connectivity index (χ1) is 28.1. The largest absolute Gasteiger partial charge is 0.369 e. The van der Waals surface area contributed by atoms with E-state index in [-0.39, 0.29) is 12.5 Å². The summed E-state index contributed by atoms with van der Waals surface area (Å²) in [6.45, 7) is 23.3. The van der Waals surface area contributed by atoms with Gasteiger partial charge in [0.05, 0.1) is 35.3 Å². The van der Waals surface area contributed by atoms with Gasteiger partial charge in [-0.3, -0.25) is 34.1 Å². The molecule has 15 nitrogen and oxygen atoms in total. The zero-order valence-electron chi connectivity index (χ0n) is 36.7. The topological polar surface area (TPSA) is 196 Å². The summed E-state index contributed by atoms with van der Waals surface area (Å²) in [5, 5.41) is 17.5. The third-order valence-electron chi connectivity index (χ3n) is 11.6. The maximum atomic E-state index is 14.5. The van der Waals surface area contributed by atoms with Gasteiger partial charge in [-0.25, -0.2) is 0 Å². The van der Waals surface area contributed by atoms with Crippen LogP contribution < -0.4 is 31.9 Å². The van der Waals surface area contributed by atoms with Crippen molar-refractivity contribution < 1.29 is 38.2 Å². The molecule has 3 aliphatic heterocycles. The third-order valence-corrected chi connectivity index (χ3v) is 13.2. The van der Waals surface area contributed by atoms with Crippen LogP contribution in [-0.2, 0) is 44.7 Å². The van der Waals surface area contributed by atoms with Crippen LogP contribution in [0.25, 0.3) is 0 Å². The number of hydrogen-bond donors (Lipinski definition) is 6. The van der Waals surface area contributed by atoms with Crippen LogP contribution in [0.4, 0.5) is 0 Å². The van der Waals surface area contributed by atoms with Crippen molar-refractivity contribution in [1.29, 1.82) is 0 Å². The zero-order chi connectivity index (χ0) is 44.6. The minimum atomic E-state index is -1.34. The minimum absolute atomic E-state index is 0.296. The molecule has 60 heavy (non-hydrogen) atoms. The molecular weight excluding hydrogens is 787 g/mol. The Kier molecular flexibility index (Phi) is 16.6. The first-order valence-corrected chi connectivity index (χ1v) is 22.0. The molecule has 6 N–H and O–H groups in total. The van der Waals surface area contributed by atoms with Crippen molar-refractivity contribution in [1.82, 2.24) is 36.8 Å². The normalized spacial score (nSPS) is 30.1. The van der Waals surface area contributed by atoms with E-state index in [9.17, 15) is 28.8 Å². The molecule has 10 atom stereocenters. The molecular formula is C44H67N7O8S. The Bertz CT molecular complexity index is 1740. The standard InChI is InChI=1S/C44H67N7O8S/c1-12-26(4)33-37(54)45-27(5)40(56)51-22-18-21-32(51)36(53)46-30(23-29-19-16-15-17-20-29)39-50-44(11,25-60-39)41(57)49-34(28(6)59-43(9,10)14-3)38(55)47-31(35(52)48-33)24-58-42(7,8)13-2/h13-17,19-20,26-28,30-34,39,50H,2-3,12,18,21-25H2,1,4-11H3,(H,45,54)(H,46,53)(H,47,55)(H,48,52)(H,49,57)/t26-,27-,28+,30+,31+,32-,33-,34-,39?,44-/m0/s1. The van der Waals surface area contributed by atoms with Crippen LogP contribution in [0.1, 0.15) is 87.1 Å².